The Bertz CT molecular complexity index is 642. The summed E-state index contributed by atoms with van der Waals surface area (Å²) < 4.78 is 5.16. The number of ether oxygens (including phenoxy) is 1. The third-order valence-corrected chi connectivity index (χ3v) is 5.35. The zero-order valence-electron chi connectivity index (χ0n) is 13.3. The molecule has 1 heterocycles. The number of benzene rings is 2. The molecule has 1 unspecified atom stereocenters. The Balaban J connectivity index is 1.62. The summed E-state index contributed by atoms with van der Waals surface area (Å²) in [6.07, 6.45) is 0.455. The summed E-state index contributed by atoms with van der Waals surface area (Å²) in [7, 11) is 1.65. The smallest absolute Gasteiger partial charge is 0.227 e. The van der Waals surface area contributed by atoms with Crippen LogP contribution < -0.4 is 4.74 Å². The molecule has 1 fully saturated rings. The zero-order valence-corrected chi connectivity index (χ0v) is 14.1. The Morgan fingerprint density at radius 3 is 2.61 bits per heavy atom. The normalized spacial score (nSPS) is 17.8. The average molecular weight is 327 g/mol. The molecule has 0 aromatic heterocycles. The predicted octanol–water partition coefficient (Wildman–Crippen LogP) is 3.55. The largest absolute Gasteiger partial charge is 0.497 e. The summed E-state index contributed by atoms with van der Waals surface area (Å²) in [5, 5.41) is 0.379. The Hall–Kier alpha value is -1.94. The van der Waals surface area contributed by atoms with Crippen LogP contribution in [0.3, 0.4) is 0 Å². The lowest BCUT2D eigenvalue weighted by atomic mass is 10.1. The van der Waals surface area contributed by atoms with E-state index in [1.807, 2.05) is 47.0 Å². The lowest BCUT2D eigenvalue weighted by Gasteiger charge is -2.32. The van der Waals surface area contributed by atoms with Crippen molar-refractivity contribution in [2.75, 3.05) is 26.0 Å². The van der Waals surface area contributed by atoms with Gasteiger partial charge in [0, 0.05) is 24.1 Å². The maximum atomic E-state index is 12.6. The molecule has 2 aromatic carbocycles. The third kappa shape index (κ3) is 4.08. The van der Waals surface area contributed by atoms with Crippen molar-refractivity contribution in [2.24, 2.45) is 0 Å². The fourth-order valence-electron chi connectivity index (χ4n) is 2.77. The van der Waals surface area contributed by atoms with E-state index in [2.05, 4.69) is 24.3 Å². The molecule has 0 bridgehead atoms. The number of amides is 1. The summed E-state index contributed by atoms with van der Waals surface area (Å²) in [6, 6.07) is 18.2. The number of nitrogens with zero attached hydrogens (tertiary/aromatic N) is 1. The van der Waals surface area contributed by atoms with E-state index >= 15 is 0 Å². The molecule has 0 N–H and O–H groups in total. The minimum absolute atomic E-state index is 0.205. The summed E-state index contributed by atoms with van der Waals surface area (Å²) >= 11 is 1.94. The van der Waals surface area contributed by atoms with E-state index in [4.69, 9.17) is 4.74 Å². The number of rotatable bonds is 4. The predicted molar refractivity (Wildman–Crippen MR) is 94.9 cm³/mol. The molecule has 3 rings (SSSR count). The monoisotopic (exact) mass is 327 g/mol. The zero-order chi connectivity index (χ0) is 16.1. The van der Waals surface area contributed by atoms with Crippen LogP contribution in [0.2, 0.25) is 0 Å². The quantitative estimate of drug-likeness (QED) is 0.860. The highest BCUT2D eigenvalue weighted by Gasteiger charge is 2.25. The van der Waals surface area contributed by atoms with Gasteiger partial charge in [-0.15, -0.1) is 0 Å². The summed E-state index contributed by atoms with van der Waals surface area (Å²) in [4.78, 5) is 14.6. The van der Waals surface area contributed by atoms with Gasteiger partial charge < -0.3 is 9.64 Å². The van der Waals surface area contributed by atoms with Crippen molar-refractivity contribution < 1.29 is 9.53 Å². The summed E-state index contributed by atoms with van der Waals surface area (Å²) in [6.45, 7) is 1.63. The fourth-order valence-corrected chi connectivity index (χ4v) is 4.02. The maximum absolute atomic E-state index is 12.6. The van der Waals surface area contributed by atoms with Crippen molar-refractivity contribution in [3.63, 3.8) is 0 Å². The number of hydrogen-bond donors (Lipinski definition) is 0. The van der Waals surface area contributed by atoms with Gasteiger partial charge in [-0.25, -0.2) is 0 Å². The number of carbonyl (C=O) groups is 1. The first kappa shape index (κ1) is 15.9. The Morgan fingerprint density at radius 2 is 1.91 bits per heavy atom. The summed E-state index contributed by atoms with van der Waals surface area (Å²) in [5.74, 6) is 2.02. The van der Waals surface area contributed by atoms with Crippen LogP contribution in [0.1, 0.15) is 16.4 Å². The van der Waals surface area contributed by atoms with Gasteiger partial charge in [-0.1, -0.05) is 42.5 Å². The number of hydrogen-bond acceptors (Lipinski definition) is 3. The molecule has 2 aromatic rings. The molecule has 0 saturated carbocycles. The van der Waals surface area contributed by atoms with Crippen LogP contribution in [0, 0.1) is 0 Å². The van der Waals surface area contributed by atoms with Crippen LogP contribution in [0.5, 0.6) is 5.75 Å². The standard InChI is InChI=1S/C19H21NO2S/c1-22-17-9-7-15(8-10-17)13-19(21)20-11-12-23-18(14-20)16-5-3-2-4-6-16/h2-10,18H,11-14H2,1H3. The van der Waals surface area contributed by atoms with Crippen molar-refractivity contribution in [3.05, 3.63) is 65.7 Å². The van der Waals surface area contributed by atoms with Crippen LogP contribution in [0.15, 0.2) is 54.6 Å². The lowest BCUT2D eigenvalue weighted by Crippen LogP contribution is -2.40. The van der Waals surface area contributed by atoms with E-state index in [0.29, 0.717) is 11.7 Å². The fraction of sp³-hybridized carbons (Fsp3) is 0.316. The highest BCUT2D eigenvalue weighted by molar-refractivity contribution is 7.99. The second-order valence-electron chi connectivity index (χ2n) is 5.63. The molecule has 0 spiro atoms. The molecule has 1 aliphatic rings. The van der Waals surface area contributed by atoms with Crippen LogP contribution in [0.25, 0.3) is 0 Å². The van der Waals surface area contributed by atoms with Crippen LogP contribution in [0.4, 0.5) is 0 Å². The minimum atomic E-state index is 0.205. The highest BCUT2D eigenvalue weighted by Crippen LogP contribution is 2.33. The van der Waals surface area contributed by atoms with E-state index in [-0.39, 0.29) is 5.91 Å². The van der Waals surface area contributed by atoms with Crippen molar-refractivity contribution in [2.45, 2.75) is 11.7 Å². The van der Waals surface area contributed by atoms with Crippen molar-refractivity contribution in [3.8, 4) is 5.75 Å². The summed E-state index contributed by atoms with van der Waals surface area (Å²) in [5.41, 5.74) is 2.34. The second-order valence-corrected chi connectivity index (χ2v) is 6.95. The van der Waals surface area contributed by atoms with Gasteiger partial charge in [0.2, 0.25) is 5.91 Å². The van der Waals surface area contributed by atoms with Gasteiger partial charge >= 0.3 is 0 Å². The molecule has 0 aliphatic carbocycles. The average Bonchev–Trinajstić information content (AvgIpc) is 2.63. The number of carbonyl (C=O) groups excluding carboxylic acids is 1. The van der Waals surface area contributed by atoms with E-state index in [9.17, 15) is 4.79 Å². The van der Waals surface area contributed by atoms with E-state index in [1.165, 1.54) is 5.56 Å². The first-order chi connectivity index (χ1) is 11.3. The van der Waals surface area contributed by atoms with Gasteiger partial charge in [0.05, 0.1) is 13.5 Å². The SMILES string of the molecule is COc1ccc(CC(=O)N2CCSC(c3ccccc3)C2)cc1. The molecular formula is C19H21NO2S. The van der Waals surface area contributed by atoms with Gasteiger partial charge in [0.15, 0.2) is 0 Å². The lowest BCUT2D eigenvalue weighted by molar-refractivity contribution is -0.130. The van der Waals surface area contributed by atoms with E-state index in [1.54, 1.807) is 7.11 Å². The van der Waals surface area contributed by atoms with E-state index in [0.717, 1.165) is 30.2 Å². The molecule has 4 heteroatoms. The minimum Gasteiger partial charge on any atom is -0.497 e. The number of thioether (sulfide) groups is 1. The molecule has 1 aliphatic heterocycles. The van der Waals surface area contributed by atoms with Gasteiger partial charge in [0.25, 0.3) is 0 Å². The van der Waals surface area contributed by atoms with Crippen LogP contribution in [-0.2, 0) is 11.2 Å². The first-order valence-corrected chi connectivity index (χ1v) is 8.88. The topological polar surface area (TPSA) is 29.5 Å². The van der Waals surface area contributed by atoms with Gasteiger partial charge in [0.1, 0.15) is 5.75 Å². The Kier molecular flexibility index (Phi) is 5.23. The molecule has 0 radical (unpaired) electrons. The highest BCUT2D eigenvalue weighted by atomic mass is 32.2. The molecular weight excluding hydrogens is 306 g/mol. The third-order valence-electron chi connectivity index (χ3n) is 4.10. The van der Waals surface area contributed by atoms with Gasteiger partial charge in [-0.3, -0.25) is 4.79 Å². The second kappa shape index (κ2) is 7.55. The Morgan fingerprint density at radius 1 is 1.17 bits per heavy atom. The molecule has 120 valence electrons. The Labute approximate surface area is 141 Å². The van der Waals surface area contributed by atoms with Gasteiger partial charge in [-0.05, 0) is 23.3 Å². The van der Waals surface area contributed by atoms with Crippen molar-refractivity contribution in [1.29, 1.82) is 0 Å². The molecule has 3 nitrogen and oxygen atoms in total. The number of methoxy groups -OCH3 is 1. The van der Waals surface area contributed by atoms with Crippen molar-refractivity contribution in [1.82, 2.24) is 4.90 Å². The maximum Gasteiger partial charge on any atom is 0.227 e. The molecule has 1 atom stereocenters. The van der Waals surface area contributed by atoms with Crippen LogP contribution >= 0.6 is 11.8 Å². The molecule has 1 saturated heterocycles. The van der Waals surface area contributed by atoms with Crippen molar-refractivity contribution >= 4 is 17.7 Å². The van der Waals surface area contributed by atoms with Crippen LogP contribution in [-0.4, -0.2) is 36.8 Å². The van der Waals surface area contributed by atoms with Gasteiger partial charge in [-0.2, -0.15) is 11.8 Å². The molecule has 1 amide bonds. The molecule has 23 heavy (non-hydrogen) atoms. The first-order valence-electron chi connectivity index (χ1n) is 7.83. The van der Waals surface area contributed by atoms with E-state index < -0.39 is 0 Å².